The number of likely N-dealkylation sites (N-methyl/N-ethyl adjacent to an activating group) is 1. The lowest BCUT2D eigenvalue weighted by Gasteiger charge is -2.37. The third-order valence-electron chi connectivity index (χ3n) is 3.26. The molecule has 18 heavy (non-hydrogen) atoms. The molecule has 1 aliphatic rings. The summed E-state index contributed by atoms with van der Waals surface area (Å²) in [6, 6.07) is 0.726. The van der Waals surface area contributed by atoms with Crippen LogP contribution in [0.15, 0.2) is 12.1 Å². The van der Waals surface area contributed by atoms with E-state index in [0.29, 0.717) is 12.8 Å². The molecule has 1 aromatic rings. The first kappa shape index (κ1) is 12.9. The van der Waals surface area contributed by atoms with Gasteiger partial charge in [0.15, 0.2) is 17.5 Å². The van der Waals surface area contributed by atoms with Gasteiger partial charge in [0, 0.05) is 19.5 Å². The third kappa shape index (κ3) is 2.08. The standard InChI is InChI=1S/C12H13F3N2O/c1-17-10(18)3-2-9(16)12(17)6-4-7(13)11(15)8(14)5-6/h4-5,9,12H,2-3,16H2,1H3. The molecule has 1 fully saturated rings. The monoisotopic (exact) mass is 258 g/mol. The summed E-state index contributed by atoms with van der Waals surface area (Å²) >= 11 is 0. The fraction of sp³-hybridized carbons (Fsp3) is 0.417. The molecule has 0 radical (unpaired) electrons. The molecular formula is C12H13F3N2O. The Morgan fingerprint density at radius 2 is 1.83 bits per heavy atom. The normalized spacial score (nSPS) is 24.5. The highest BCUT2D eigenvalue weighted by molar-refractivity contribution is 5.77. The Bertz CT molecular complexity index is 469. The van der Waals surface area contributed by atoms with Gasteiger partial charge < -0.3 is 10.6 Å². The predicted octanol–water partition coefficient (Wildman–Crippen LogP) is 1.72. The number of carbonyl (C=O) groups excluding carboxylic acids is 1. The highest BCUT2D eigenvalue weighted by Crippen LogP contribution is 2.31. The molecule has 6 heteroatoms. The average Bonchev–Trinajstić information content (AvgIpc) is 2.31. The molecule has 0 saturated carbocycles. The molecule has 1 aromatic carbocycles. The highest BCUT2D eigenvalue weighted by Gasteiger charge is 2.33. The van der Waals surface area contributed by atoms with Gasteiger partial charge in [0.25, 0.3) is 0 Å². The van der Waals surface area contributed by atoms with Crippen LogP contribution in [0, 0.1) is 17.5 Å². The Balaban J connectivity index is 2.43. The molecule has 0 aromatic heterocycles. The number of amides is 1. The van der Waals surface area contributed by atoms with Gasteiger partial charge >= 0.3 is 0 Å². The minimum absolute atomic E-state index is 0.146. The van der Waals surface area contributed by atoms with Crippen molar-refractivity contribution >= 4 is 5.91 Å². The summed E-state index contributed by atoms with van der Waals surface area (Å²) < 4.78 is 39.3. The van der Waals surface area contributed by atoms with Gasteiger partial charge in [-0.15, -0.1) is 0 Å². The Labute approximate surface area is 102 Å². The summed E-state index contributed by atoms with van der Waals surface area (Å²) in [5, 5.41) is 0. The summed E-state index contributed by atoms with van der Waals surface area (Å²) in [7, 11) is 1.52. The molecule has 2 atom stereocenters. The van der Waals surface area contributed by atoms with E-state index in [1.807, 2.05) is 0 Å². The van der Waals surface area contributed by atoms with Crippen molar-refractivity contribution in [3.8, 4) is 0 Å². The molecule has 2 rings (SSSR count). The van der Waals surface area contributed by atoms with Gasteiger partial charge in [-0.25, -0.2) is 13.2 Å². The molecule has 2 N–H and O–H groups in total. The number of carbonyl (C=O) groups is 1. The molecule has 0 spiro atoms. The lowest BCUT2D eigenvalue weighted by atomic mass is 9.91. The van der Waals surface area contributed by atoms with Gasteiger partial charge in [-0.1, -0.05) is 0 Å². The number of hydrogen-bond donors (Lipinski definition) is 1. The minimum Gasteiger partial charge on any atom is -0.337 e. The fourth-order valence-electron chi connectivity index (χ4n) is 2.28. The zero-order valence-electron chi connectivity index (χ0n) is 9.79. The molecule has 1 heterocycles. The van der Waals surface area contributed by atoms with Crippen molar-refractivity contribution in [2.24, 2.45) is 5.73 Å². The number of benzene rings is 1. The van der Waals surface area contributed by atoms with Crippen LogP contribution < -0.4 is 5.73 Å². The van der Waals surface area contributed by atoms with Crippen LogP contribution in [-0.4, -0.2) is 23.9 Å². The molecule has 0 bridgehead atoms. The van der Waals surface area contributed by atoms with Crippen molar-refractivity contribution in [2.45, 2.75) is 24.9 Å². The zero-order valence-corrected chi connectivity index (χ0v) is 9.79. The van der Waals surface area contributed by atoms with Crippen LogP contribution in [0.4, 0.5) is 13.2 Å². The second-order valence-corrected chi connectivity index (χ2v) is 4.45. The van der Waals surface area contributed by atoms with E-state index < -0.39 is 29.5 Å². The predicted molar refractivity (Wildman–Crippen MR) is 59.0 cm³/mol. The molecule has 3 nitrogen and oxygen atoms in total. The van der Waals surface area contributed by atoms with E-state index in [4.69, 9.17) is 5.73 Å². The molecule has 1 saturated heterocycles. The summed E-state index contributed by atoms with van der Waals surface area (Å²) in [6.45, 7) is 0. The first-order chi connectivity index (χ1) is 8.41. The largest absolute Gasteiger partial charge is 0.337 e. The second kappa shape index (κ2) is 4.61. The Morgan fingerprint density at radius 3 is 2.39 bits per heavy atom. The lowest BCUT2D eigenvalue weighted by Crippen LogP contribution is -2.46. The second-order valence-electron chi connectivity index (χ2n) is 4.45. The number of rotatable bonds is 1. The van der Waals surface area contributed by atoms with Crippen LogP contribution in [-0.2, 0) is 4.79 Å². The van der Waals surface area contributed by atoms with Crippen molar-refractivity contribution in [2.75, 3.05) is 7.05 Å². The van der Waals surface area contributed by atoms with Crippen molar-refractivity contribution in [3.63, 3.8) is 0 Å². The SMILES string of the molecule is CN1C(=O)CCC(N)C1c1cc(F)c(F)c(F)c1. The Kier molecular flexibility index (Phi) is 3.30. The van der Waals surface area contributed by atoms with Crippen molar-refractivity contribution in [1.82, 2.24) is 4.90 Å². The summed E-state index contributed by atoms with van der Waals surface area (Å²) in [6.07, 6.45) is 0.745. The van der Waals surface area contributed by atoms with Gasteiger partial charge in [0.2, 0.25) is 5.91 Å². The van der Waals surface area contributed by atoms with E-state index in [9.17, 15) is 18.0 Å². The van der Waals surface area contributed by atoms with Gasteiger partial charge in [0.1, 0.15) is 0 Å². The van der Waals surface area contributed by atoms with Gasteiger partial charge in [-0.05, 0) is 24.1 Å². The van der Waals surface area contributed by atoms with Crippen LogP contribution in [0.2, 0.25) is 0 Å². The third-order valence-corrected chi connectivity index (χ3v) is 3.26. The summed E-state index contributed by atoms with van der Waals surface area (Å²) in [4.78, 5) is 12.9. The van der Waals surface area contributed by atoms with Gasteiger partial charge in [-0.2, -0.15) is 0 Å². The first-order valence-corrected chi connectivity index (χ1v) is 5.57. The van der Waals surface area contributed by atoms with E-state index in [1.54, 1.807) is 0 Å². The molecule has 98 valence electrons. The van der Waals surface area contributed by atoms with Gasteiger partial charge in [0.05, 0.1) is 6.04 Å². The van der Waals surface area contributed by atoms with Crippen LogP contribution in [0.25, 0.3) is 0 Å². The topological polar surface area (TPSA) is 46.3 Å². The average molecular weight is 258 g/mol. The zero-order chi connectivity index (χ0) is 13.4. The fourth-order valence-corrected chi connectivity index (χ4v) is 2.28. The van der Waals surface area contributed by atoms with E-state index in [1.165, 1.54) is 11.9 Å². The number of nitrogens with zero attached hydrogens (tertiary/aromatic N) is 1. The van der Waals surface area contributed by atoms with Crippen molar-refractivity contribution < 1.29 is 18.0 Å². The molecule has 2 unspecified atom stereocenters. The highest BCUT2D eigenvalue weighted by atomic mass is 19.2. The van der Waals surface area contributed by atoms with E-state index in [2.05, 4.69) is 0 Å². The number of hydrogen-bond acceptors (Lipinski definition) is 2. The number of piperidine rings is 1. The molecule has 1 amide bonds. The van der Waals surface area contributed by atoms with Crippen LogP contribution in [0.5, 0.6) is 0 Å². The van der Waals surface area contributed by atoms with E-state index in [0.717, 1.165) is 12.1 Å². The smallest absolute Gasteiger partial charge is 0.222 e. The Morgan fingerprint density at radius 1 is 1.28 bits per heavy atom. The maximum atomic E-state index is 13.2. The number of halogens is 3. The lowest BCUT2D eigenvalue weighted by molar-refractivity contribution is -0.135. The summed E-state index contributed by atoms with van der Waals surface area (Å²) in [5.41, 5.74) is 6.04. The van der Waals surface area contributed by atoms with Crippen molar-refractivity contribution in [3.05, 3.63) is 35.1 Å². The molecular weight excluding hydrogens is 245 g/mol. The van der Waals surface area contributed by atoms with Crippen LogP contribution >= 0.6 is 0 Å². The Hall–Kier alpha value is -1.56. The molecule has 1 aliphatic heterocycles. The first-order valence-electron chi connectivity index (χ1n) is 5.57. The molecule has 0 aliphatic carbocycles. The van der Waals surface area contributed by atoms with Gasteiger partial charge in [-0.3, -0.25) is 4.79 Å². The van der Waals surface area contributed by atoms with E-state index in [-0.39, 0.29) is 11.5 Å². The number of nitrogens with two attached hydrogens (primary N) is 1. The van der Waals surface area contributed by atoms with Crippen LogP contribution in [0.3, 0.4) is 0 Å². The summed E-state index contributed by atoms with van der Waals surface area (Å²) in [5.74, 6) is -4.21. The minimum atomic E-state index is -1.52. The maximum Gasteiger partial charge on any atom is 0.222 e. The van der Waals surface area contributed by atoms with E-state index >= 15 is 0 Å². The maximum absolute atomic E-state index is 13.2. The van der Waals surface area contributed by atoms with Crippen molar-refractivity contribution in [1.29, 1.82) is 0 Å². The van der Waals surface area contributed by atoms with Crippen LogP contribution in [0.1, 0.15) is 24.4 Å². The number of likely N-dealkylation sites (tertiary alicyclic amines) is 1. The quantitative estimate of drug-likeness (QED) is 0.780.